The molecular weight excluding hydrogens is 832 g/mol. The normalized spacial score (nSPS) is 12.9. The van der Waals surface area contributed by atoms with Crippen molar-refractivity contribution < 1.29 is 38.1 Å². The van der Waals surface area contributed by atoms with Gasteiger partial charge in [-0.2, -0.15) is 0 Å². The van der Waals surface area contributed by atoms with E-state index in [2.05, 4.69) is 50.7 Å². The fourth-order valence-electron chi connectivity index (χ4n) is 5.86. The molecule has 332 valence electrons. The molecule has 3 aromatic rings. The number of benzene rings is 1. The number of azide groups is 1. The highest BCUT2D eigenvalue weighted by Crippen LogP contribution is 2.28. The zero-order valence-electron chi connectivity index (χ0n) is 35.3. The second-order valence-electron chi connectivity index (χ2n) is 14.8. The summed E-state index contributed by atoms with van der Waals surface area (Å²) in [7, 11) is 0. The Balaban J connectivity index is 1.07. The number of nitrogens with zero attached hydrogens (tertiary/aromatic N) is 9. The molecule has 3 heterocycles. The second kappa shape index (κ2) is 24.8. The highest BCUT2D eigenvalue weighted by Gasteiger charge is 2.22. The van der Waals surface area contributed by atoms with Gasteiger partial charge in [0.1, 0.15) is 41.2 Å². The molecule has 3 amide bonds. The Morgan fingerprint density at radius 3 is 2.54 bits per heavy atom. The number of anilines is 4. The number of thiazole rings is 1. The molecule has 1 aliphatic rings. The molecule has 22 heteroatoms. The van der Waals surface area contributed by atoms with E-state index >= 15 is 0 Å². The van der Waals surface area contributed by atoms with Gasteiger partial charge in [-0.25, -0.2) is 19.7 Å². The third-order valence-electron chi connectivity index (χ3n) is 8.81. The predicted molar refractivity (Wildman–Crippen MR) is 232 cm³/mol. The fourth-order valence-corrected chi connectivity index (χ4v) is 6.85. The molecule has 0 bridgehead atoms. The number of piperazine rings is 1. The van der Waals surface area contributed by atoms with Crippen LogP contribution in [0.1, 0.15) is 54.7 Å². The maximum atomic E-state index is 12.9. The summed E-state index contributed by atoms with van der Waals surface area (Å²) in [5.74, 6) is 0.889. The Labute approximate surface area is 364 Å². The number of hydrogen-bond acceptors (Lipinski definition) is 16. The van der Waals surface area contributed by atoms with Crippen LogP contribution in [0.25, 0.3) is 10.4 Å². The minimum Gasteiger partial charge on any atom is -0.460 e. The van der Waals surface area contributed by atoms with Crippen molar-refractivity contribution in [2.45, 2.75) is 53.1 Å². The van der Waals surface area contributed by atoms with Gasteiger partial charge in [-0.15, -0.1) is 0 Å². The van der Waals surface area contributed by atoms with E-state index in [1.807, 2.05) is 32.0 Å². The van der Waals surface area contributed by atoms with Crippen molar-refractivity contribution in [2.24, 2.45) is 5.11 Å². The minimum atomic E-state index is -0.628. The number of aromatic nitrogens is 3. The zero-order chi connectivity index (χ0) is 44.2. The van der Waals surface area contributed by atoms with Crippen LogP contribution in [0.2, 0.25) is 5.02 Å². The number of alkyl carbamates (subject to hydrolysis) is 1. The summed E-state index contributed by atoms with van der Waals surface area (Å²) < 4.78 is 21.6. The first-order valence-electron chi connectivity index (χ1n) is 19.9. The number of esters is 1. The highest BCUT2D eigenvalue weighted by atomic mass is 35.5. The maximum absolute atomic E-state index is 12.9. The molecule has 20 nitrogen and oxygen atoms in total. The lowest BCUT2D eigenvalue weighted by Gasteiger charge is -2.35. The van der Waals surface area contributed by atoms with Gasteiger partial charge in [-0.3, -0.25) is 19.3 Å². The number of para-hydroxylation sites is 1. The van der Waals surface area contributed by atoms with Crippen molar-refractivity contribution in [3.8, 4) is 0 Å². The van der Waals surface area contributed by atoms with E-state index in [1.165, 1.54) is 22.4 Å². The standard InChI is InChI=1S/C39H55ClN12O8S/c1-27-8-6-9-29(40)35(27)48-36(55)30-25-43-37(61-30)47-31-24-32(46-28(2)45-31)51-17-15-50(16-18-51)19-21-59-38(56)42-12-20-57-22-23-58-26-33(53)52(13-7-11-44-49-41)14-10-34(54)60-39(3,4)5/h6,8-9,24-25H,7,10-23,26H2,1-5H3,(H,42,56)(H,48,55)(H,43,45,46,47). The van der Waals surface area contributed by atoms with Gasteiger partial charge in [0.2, 0.25) is 5.91 Å². The third kappa shape index (κ3) is 17.7. The number of carbonyl (C=O) groups is 4. The van der Waals surface area contributed by atoms with Gasteiger partial charge in [0, 0.05) is 69.9 Å². The number of carbonyl (C=O) groups excluding carboxylic acids is 4. The third-order valence-corrected chi connectivity index (χ3v) is 10.0. The van der Waals surface area contributed by atoms with Crippen molar-refractivity contribution in [3.63, 3.8) is 0 Å². The lowest BCUT2D eigenvalue weighted by molar-refractivity contribution is -0.155. The Kier molecular flexibility index (Phi) is 19.7. The van der Waals surface area contributed by atoms with Crippen LogP contribution in [0.5, 0.6) is 0 Å². The first kappa shape index (κ1) is 48.4. The zero-order valence-corrected chi connectivity index (χ0v) is 36.9. The van der Waals surface area contributed by atoms with Crippen molar-refractivity contribution in [2.75, 3.05) is 107 Å². The van der Waals surface area contributed by atoms with Crippen LogP contribution < -0.4 is 20.9 Å². The molecule has 1 saturated heterocycles. The summed E-state index contributed by atoms with van der Waals surface area (Å²) in [5.41, 5.74) is 9.30. The SMILES string of the molecule is Cc1nc(Nc2ncc(C(=O)Nc3c(C)cccc3Cl)s2)cc(N2CCN(CCOC(=O)NCCOCCOCC(=O)N(CCCN=[N+]=[N-])CCC(=O)OC(C)(C)C)CC2)n1. The van der Waals surface area contributed by atoms with E-state index in [9.17, 15) is 19.2 Å². The van der Waals surface area contributed by atoms with Crippen LogP contribution in [0.3, 0.4) is 0 Å². The molecule has 3 N–H and O–H groups in total. The molecule has 1 fully saturated rings. The molecule has 0 radical (unpaired) electrons. The summed E-state index contributed by atoms with van der Waals surface area (Å²) in [6, 6.07) is 7.28. The van der Waals surface area contributed by atoms with Gasteiger partial charge in [0.15, 0.2) is 5.13 Å². The van der Waals surface area contributed by atoms with Crippen molar-refractivity contribution in [1.29, 1.82) is 0 Å². The first-order valence-corrected chi connectivity index (χ1v) is 21.1. The van der Waals surface area contributed by atoms with Gasteiger partial charge in [-0.1, -0.05) is 40.2 Å². The molecule has 0 atom stereocenters. The number of amides is 3. The summed E-state index contributed by atoms with van der Waals surface area (Å²) in [6.45, 7) is 14.0. The van der Waals surface area contributed by atoms with Gasteiger partial charge < -0.3 is 44.7 Å². The topological polar surface area (TPSA) is 238 Å². The lowest BCUT2D eigenvalue weighted by Crippen LogP contribution is -2.48. The first-order chi connectivity index (χ1) is 29.2. The van der Waals surface area contributed by atoms with Gasteiger partial charge in [0.05, 0.1) is 43.1 Å². The van der Waals surface area contributed by atoms with E-state index < -0.39 is 17.7 Å². The van der Waals surface area contributed by atoms with Crippen LogP contribution in [-0.4, -0.2) is 146 Å². The summed E-state index contributed by atoms with van der Waals surface area (Å²) in [5, 5.41) is 13.2. The molecule has 61 heavy (non-hydrogen) atoms. The summed E-state index contributed by atoms with van der Waals surface area (Å²) in [6.07, 6.45) is 1.43. The van der Waals surface area contributed by atoms with Gasteiger partial charge in [-0.05, 0) is 58.2 Å². The number of halogens is 1. The molecule has 0 spiro atoms. The fraction of sp³-hybridized carbons (Fsp3) is 0.564. The Morgan fingerprint density at radius 1 is 1.03 bits per heavy atom. The summed E-state index contributed by atoms with van der Waals surface area (Å²) in [4.78, 5) is 72.5. The molecule has 4 rings (SSSR count). The van der Waals surface area contributed by atoms with Crippen LogP contribution >= 0.6 is 22.9 Å². The van der Waals surface area contributed by atoms with Gasteiger partial charge in [0.25, 0.3) is 5.91 Å². The number of aryl methyl sites for hydroxylation is 2. The van der Waals surface area contributed by atoms with E-state index in [0.29, 0.717) is 65.0 Å². The molecule has 0 aliphatic carbocycles. The van der Waals surface area contributed by atoms with Crippen LogP contribution in [-0.2, 0) is 28.5 Å². The minimum absolute atomic E-state index is 0.0284. The monoisotopic (exact) mass is 886 g/mol. The van der Waals surface area contributed by atoms with Crippen molar-refractivity contribution >= 4 is 69.3 Å². The Hall–Kier alpha value is -5.31. The molecule has 2 aromatic heterocycles. The van der Waals surface area contributed by atoms with Crippen molar-refractivity contribution in [3.05, 3.63) is 62.2 Å². The average molecular weight is 887 g/mol. The molecular formula is C39H55ClN12O8S. The predicted octanol–water partition coefficient (Wildman–Crippen LogP) is 5.34. The second-order valence-corrected chi connectivity index (χ2v) is 16.2. The Bertz CT molecular complexity index is 1950. The summed E-state index contributed by atoms with van der Waals surface area (Å²) >= 11 is 7.48. The van der Waals surface area contributed by atoms with E-state index in [4.69, 9.17) is 36.1 Å². The highest BCUT2D eigenvalue weighted by molar-refractivity contribution is 7.17. The quantitative estimate of drug-likeness (QED) is 0.0358. The maximum Gasteiger partial charge on any atom is 0.407 e. The smallest absolute Gasteiger partial charge is 0.407 e. The molecule has 0 saturated carbocycles. The molecule has 1 aromatic carbocycles. The average Bonchev–Trinajstić information content (AvgIpc) is 3.68. The van der Waals surface area contributed by atoms with E-state index in [1.54, 1.807) is 26.8 Å². The number of rotatable bonds is 23. The van der Waals surface area contributed by atoms with Crippen LogP contribution in [0.15, 0.2) is 35.6 Å². The van der Waals surface area contributed by atoms with Gasteiger partial charge >= 0.3 is 12.1 Å². The lowest BCUT2D eigenvalue weighted by atomic mass is 10.2. The molecule has 1 aliphatic heterocycles. The van der Waals surface area contributed by atoms with Crippen LogP contribution in [0.4, 0.5) is 27.2 Å². The number of ether oxygens (including phenoxy) is 4. The van der Waals surface area contributed by atoms with Crippen LogP contribution in [0, 0.1) is 13.8 Å². The molecule has 0 unspecified atom stereocenters. The number of nitrogens with one attached hydrogen (secondary N) is 3. The Morgan fingerprint density at radius 2 is 1.80 bits per heavy atom. The largest absolute Gasteiger partial charge is 0.460 e. The van der Waals surface area contributed by atoms with Crippen molar-refractivity contribution in [1.82, 2.24) is 30.1 Å². The van der Waals surface area contributed by atoms with E-state index in [-0.39, 0.29) is 70.9 Å². The van der Waals surface area contributed by atoms with E-state index in [0.717, 1.165) is 24.5 Å². The number of hydrogen-bond donors (Lipinski definition) is 3.